The molecule has 2 heterocycles. The van der Waals surface area contributed by atoms with Crippen molar-refractivity contribution in [2.75, 3.05) is 24.7 Å². The van der Waals surface area contributed by atoms with Crippen LogP contribution in [0.1, 0.15) is 29.6 Å². The topological polar surface area (TPSA) is 63.7 Å². The minimum absolute atomic E-state index is 0.0126. The fourth-order valence-corrected chi connectivity index (χ4v) is 5.14. The lowest BCUT2D eigenvalue weighted by atomic mass is 10.1. The largest absolute Gasteiger partial charge is 0.376 e. The zero-order valence-electron chi connectivity index (χ0n) is 12.8. The van der Waals surface area contributed by atoms with Gasteiger partial charge in [0.25, 0.3) is 5.91 Å². The number of carbonyl (C=O) groups is 1. The zero-order valence-corrected chi connectivity index (χ0v) is 14.4. The number of hydrogen-bond acceptors (Lipinski definition) is 4. The number of ether oxygens (including phenoxy) is 1. The maximum Gasteiger partial charge on any atom is 0.254 e. The zero-order chi connectivity index (χ0) is 16.4. The van der Waals surface area contributed by atoms with Crippen LogP contribution in [-0.2, 0) is 14.6 Å². The summed E-state index contributed by atoms with van der Waals surface area (Å²) in [5, 5.41) is 0.493. The van der Waals surface area contributed by atoms with E-state index >= 15 is 0 Å². The van der Waals surface area contributed by atoms with E-state index < -0.39 is 9.84 Å². The maximum atomic E-state index is 12.9. The first kappa shape index (κ1) is 16.7. The van der Waals surface area contributed by atoms with Crippen LogP contribution in [-0.4, -0.2) is 56.0 Å². The summed E-state index contributed by atoms with van der Waals surface area (Å²) in [6.07, 6.45) is 2.36. The molecule has 5 nitrogen and oxygen atoms in total. The van der Waals surface area contributed by atoms with Crippen LogP contribution in [0.4, 0.5) is 0 Å². The molecule has 0 saturated carbocycles. The molecule has 1 aromatic carbocycles. The second-order valence-corrected chi connectivity index (χ2v) is 8.82. The molecule has 1 amide bonds. The van der Waals surface area contributed by atoms with E-state index in [-0.39, 0.29) is 29.6 Å². The van der Waals surface area contributed by atoms with E-state index in [0.29, 0.717) is 30.2 Å². The Kier molecular flexibility index (Phi) is 4.94. The molecule has 0 aliphatic carbocycles. The Balaban J connectivity index is 1.83. The van der Waals surface area contributed by atoms with Gasteiger partial charge in [-0.3, -0.25) is 4.79 Å². The highest BCUT2D eigenvalue weighted by molar-refractivity contribution is 7.91. The van der Waals surface area contributed by atoms with Gasteiger partial charge in [0.2, 0.25) is 0 Å². The molecule has 1 aromatic rings. The number of carbonyl (C=O) groups excluding carboxylic acids is 1. The molecule has 3 rings (SSSR count). The normalized spacial score (nSPS) is 26.3. The number of amides is 1. The highest BCUT2D eigenvalue weighted by Crippen LogP contribution is 2.24. The van der Waals surface area contributed by atoms with Crippen LogP contribution in [0.5, 0.6) is 0 Å². The lowest BCUT2D eigenvalue weighted by molar-refractivity contribution is 0.0441. The van der Waals surface area contributed by atoms with Gasteiger partial charge in [0.05, 0.1) is 17.6 Å². The van der Waals surface area contributed by atoms with Crippen LogP contribution in [0.25, 0.3) is 0 Å². The standard InChI is InChI=1S/C16H20ClNO4S/c17-13-4-1-3-12(9-13)16(19)18(10-15-5-2-7-22-15)14-6-8-23(20,21)11-14/h1,3-4,9,14-15H,2,5-8,10-11H2/t14-,15-/m0/s1. The quantitative estimate of drug-likeness (QED) is 0.828. The highest BCUT2D eigenvalue weighted by atomic mass is 35.5. The van der Waals surface area contributed by atoms with E-state index in [9.17, 15) is 13.2 Å². The fourth-order valence-electron chi connectivity index (χ4n) is 3.21. The summed E-state index contributed by atoms with van der Waals surface area (Å²) in [4.78, 5) is 14.6. The smallest absolute Gasteiger partial charge is 0.254 e. The number of nitrogens with zero attached hydrogens (tertiary/aromatic N) is 1. The van der Waals surface area contributed by atoms with E-state index in [1.165, 1.54) is 0 Å². The van der Waals surface area contributed by atoms with Gasteiger partial charge >= 0.3 is 0 Å². The van der Waals surface area contributed by atoms with Gasteiger partial charge in [0.1, 0.15) is 0 Å². The van der Waals surface area contributed by atoms with Gasteiger partial charge in [-0.1, -0.05) is 17.7 Å². The molecule has 0 bridgehead atoms. The number of hydrogen-bond donors (Lipinski definition) is 0. The monoisotopic (exact) mass is 357 g/mol. The second kappa shape index (κ2) is 6.79. The molecule has 0 N–H and O–H groups in total. The van der Waals surface area contributed by atoms with Crippen molar-refractivity contribution < 1.29 is 17.9 Å². The third-order valence-corrected chi connectivity index (χ3v) is 6.39. The third-order valence-electron chi connectivity index (χ3n) is 4.41. The van der Waals surface area contributed by atoms with Gasteiger partial charge in [-0.05, 0) is 37.5 Å². The summed E-state index contributed by atoms with van der Waals surface area (Å²) in [5.41, 5.74) is 0.486. The molecular weight excluding hydrogens is 338 g/mol. The number of benzene rings is 1. The summed E-state index contributed by atoms with van der Waals surface area (Å²) in [6, 6.07) is 6.49. The van der Waals surface area contributed by atoms with Gasteiger partial charge < -0.3 is 9.64 Å². The predicted octanol–water partition coefficient (Wildman–Crippen LogP) is 2.15. The first-order valence-electron chi connectivity index (χ1n) is 7.83. The summed E-state index contributed by atoms with van der Waals surface area (Å²) in [5.74, 6) is -0.000692. The van der Waals surface area contributed by atoms with Gasteiger partial charge in [0.15, 0.2) is 9.84 Å². The SMILES string of the molecule is O=C(c1cccc(Cl)c1)N(C[C@@H]1CCCO1)[C@H]1CCS(=O)(=O)C1. The predicted molar refractivity (Wildman–Crippen MR) is 88.5 cm³/mol. The molecule has 2 fully saturated rings. The Morgan fingerprint density at radius 1 is 1.35 bits per heavy atom. The van der Waals surface area contributed by atoms with Crippen molar-refractivity contribution in [3.8, 4) is 0 Å². The van der Waals surface area contributed by atoms with Crippen molar-refractivity contribution in [3.63, 3.8) is 0 Å². The first-order chi connectivity index (χ1) is 10.9. The van der Waals surface area contributed by atoms with E-state index in [2.05, 4.69) is 0 Å². The van der Waals surface area contributed by atoms with E-state index in [1.54, 1.807) is 29.2 Å². The number of halogens is 1. The van der Waals surface area contributed by atoms with Crippen molar-refractivity contribution in [3.05, 3.63) is 34.9 Å². The van der Waals surface area contributed by atoms with Crippen LogP contribution in [0, 0.1) is 0 Å². The molecule has 2 saturated heterocycles. The lowest BCUT2D eigenvalue weighted by Crippen LogP contribution is -2.45. The van der Waals surface area contributed by atoms with Gasteiger partial charge in [-0.2, -0.15) is 0 Å². The van der Waals surface area contributed by atoms with Crippen molar-refractivity contribution in [2.24, 2.45) is 0 Å². The van der Waals surface area contributed by atoms with Gasteiger partial charge in [-0.25, -0.2) is 8.42 Å². The Labute approximate surface area is 141 Å². The van der Waals surface area contributed by atoms with Gasteiger partial charge in [0, 0.05) is 29.8 Å². The highest BCUT2D eigenvalue weighted by Gasteiger charge is 2.36. The lowest BCUT2D eigenvalue weighted by Gasteiger charge is -2.30. The van der Waals surface area contributed by atoms with Crippen molar-refractivity contribution in [1.82, 2.24) is 4.90 Å². The Morgan fingerprint density at radius 3 is 2.78 bits per heavy atom. The fraction of sp³-hybridized carbons (Fsp3) is 0.562. The van der Waals surface area contributed by atoms with Crippen LogP contribution in [0.3, 0.4) is 0 Å². The van der Waals surface area contributed by atoms with Gasteiger partial charge in [-0.15, -0.1) is 0 Å². The number of sulfone groups is 1. The molecule has 0 radical (unpaired) electrons. The maximum absolute atomic E-state index is 12.9. The Morgan fingerprint density at radius 2 is 2.17 bits per heavy atom. The van der Waals surface area contributed by atoms with Crippen LogP contribution in [0.2, 0.25) is 5.02 Å². The van der Waals surface area contributed by atoms with E-state index in [4.69, 9.17) is 16.3 Å². The molecule has 7 heteroatoms. The first-order valence-corrected chi connectivity index (χ1v) is 10.0. The Bertz CT molecular complexity index is 685. The molecule has 2 aliphatic rings. The summed E-state index contributed by atoms with van der Waals surface area (Å²) >= 11 is 5.98. The molecule has 23 heavy (non-hydrogen) atoms. The average molecular weight is 358 g/mol. The summed E-state index contributed by atoms with van der Waals surface area (Å²) in [7, 11) is -3.06. The van der Waals surface area contributed by atoms with Crippen LogP contribution in [0.15, 0.2) is 24.3 Å². The van der Waals surface area contributed by atoms with Crippen molar-refractivity contribution >= 4 is 27.3 Å². The Hall–Kier alpha value is -1.11. The summed E-state index contributed by atoms with van der Waals surface area (Å²) < 4.78 is 29.2. The van der Waals surface area contributed by atoms with E-state index in [0.717, 1.165) is 12.8 Å². The molecule has 2 aliphatic heterocycles. The minimum Gasteiger partial charge on any atom is -0.376 e. The number of rotatable bonds is 4. The molecular formula is C16H20ClNO4S. The third kappa shape index (κ3) is 4.05. The summed E-state index contributed by atoms with van der Waals surface area (Å²) in [6.45, 7) is 1.14. The molecule has 0 spiro atoms. The second-order valence-electron chi connectivity index (χ2n) is 6.16. The van der Waals surface area contributed by atoms with Crippen LogP contribution >= 0.6 is 11.6 Å². The molecule has 0 aromatic heterocycles. The molecule has 0 unspecified atom stereocenters. The minimum atomic E-state index is -3.06. The van der Waals surface area contributed by atoms with E-state index in [1.807, 2.05) is 0 Å². The van der Waals surface area contributed by atoms with Crippen LogP contribution < -0.4 is 0 Å². The van der Waals surface area contributed by atoms with Crippen molar-refractivity contribution in [1.29, 1.82) is 0 Å². The van der Waals surface area contributed by atoms with Crippen molar-refractivity contribution in [2.45, 2.75) is 31.4 Å². The molecule has 126 valence electrons. The molecule has 2 atom stereocenters. The average Bonchev–Trinajstić information content (AvgIpc) is 3.13.